The third-order valence-corrected chi connectivity index (χ3v) is 4.32. The van der Waals surface area contributed by atoms with E-state index in [0.717, 1.165) is 18.1 Å². The van der Waals surface area contributed by atoms with E-state index in [1.165, 1.54) is 19.1 Å². The van der Waals surface area contributed by atoms with E-state index < -0.39 is 23.8 Å². The Bertz CT molecular complexity index is 767. The van der Waals surface area contributed by atoms with Gasteiger partial charge < -0.3 is 10.1 Å². The molecule has 4 nitrogen and oxygen atoms in total. The van der Waals surface area contributed by atoms with Crippen LogP contribution in [0.3, 0.4) is 0 Å². The Morgan fingerprint density at radius 1 is 1.19 bits per heavy atom. The highest BCUT2D eigenvalue weighted by Crippen LogP contribution is 2.19. The van der Waals surface area contributed by atoms with Crippen molar-refractivity contribution in [3.8, 4) is 0 Å². The van der Waals surface area contributed by atoms with Gasteiger partial charge in [0.15, 0.2) is 6.10 Å². The molecular formula is C20H21ClFNO3. The van der Waals surface area contributed by atoms with Crippen molar-refractivity contribution < 1.29 is 18.7 Å². The standard InChI is InChI=1S/C20H21ClFNO3/c1-3-14(15-7-5-4-6-8-15)12-23-19(24)13(2)26-20(25)17-11-16(21)9-10-18(17)22/h4-11,13-14H,3,12H2,1-2H3,(H,23,24)/t13-,14-/m1/s1. The van der Waals surface area contributed by atoms with Gasteiger partial charge in [0.25, 0.3) is 5.91 Å². The van der Waals surface area contributed by atoms with E-state index >= 15 is 0 Å². The van der Waals surface area contributed by atoms with Gasteiger partial charge in [-0.25, -0.2) is 9.18 Å². The molecule has 2 rings (SSSR count). The van der Waals surface area contributed by atoms with Gasteiger partial charge in [0.1, 0.15) is 5.82 Å². The summed E-state index contributed by atoms with van der Waals surface area (Å²) in [6.07, 6.45) is -0.194. The fraction of sp³-hybridized carbons (Fsp3) is 0.300. The summed E-state index contributed by atoms with van der Waals surface area (Å²) in [5.41, 5.74) is 0.828. The van der Waals surface area contributed by atoms with Crippen LogP contribution in [0.2, 0.25) is 5.02 Å². The van der Waals surface area contributed by atoms with Crippen molar-refractivity contribution in [1.82, 2.24) is 5.32 Å². The van der Waals surface area contributed by atoms with Crippen LogP contribution in [0.1, 0.15) is 42.1 Å². The summed E-state index contributed by atoms with van der Waals surface area (Å²) in [4.78, 5) is 24.3. The SMILES string of the molecule is CC[C@H](CNC(=O)[C@@H](C)OC(=O)c1cc(Cl)ccc1F)c1ccccc1. The van der Waals surface area contributed by atoms with Gasteiger partial charge in [-0.15, -0.1) is 0 Å². The minimum absolute atomic E-state index is 0.161. The van der Waals surface area contributed by atoms with Crippen molar-refractivity contribution in [2.24, 2.45) is 0 Å². The molecule has 1 N–H and O–H groups in total. The molecule has 0 bridgehead atoms. The van der Waals surface area contributed by atoms with E-state index in [1.807, 2.05) is 37.3 Å². The average molecular weight is 378 g/mol. The Kier molecular flexibility index (Phi) is 7.16. The fourth-order valence-corrected chi connectivity index (χ4v) is 2.69. The second-order valence-corrected chi connectivity index (χ2v) is 6.37. The van der Waals surface area contributed by atoms with Crippen LogP contribution in [-0.2, 0) is 9.53 Å². The summed E-state index contributed by atoms with van der Waals surface area (Å²) in [7, 11) is 0. The molecule has 0 radical (unpaired) electrons. The zero-order valence-corrected chi connectivity index (χ0v) is 15.4. The Hall–Kier alpha value is -2.40. The lowest BCUT2D eigenvalue weighted by atomic mass is 9.96. The second-order valence-electron chi connectivity index (χ2n) is 5.93. The fourth-order valence-electron chi connectivity index (χ4n) is 2.52. The molecule has 0 spiro atoms. The molecule has 0 unspecified atom stereocenters. The molecule has 26 heavy (non-hydrogen) atoms. The van der Waals surface area contributed by atoms with Crippen molar-refractivity contribution >= 4 is 23.5 Å². The van der Waals surface area contributed by atoms with Crippen molar-refractivity contribution in [1.29, 1.82) is 0 Å². The first-order chi connectivity index (χ1) is 12.4. The first-order valence-electron chi connectivity index (χ1n) is 8.41. The van der Waals surface area contributed by atoms with E-state index in [9.17, 15) is 14.0 Å². The lowest BCUT2D eigenvalue weighted by molar-refractivity contribution is -0.129. The number of esters is 1. The molecule has 0 fully saturated rings. The Morgan fingerprint density at radius 2 is 1.88 bits per heavy atom. The molecule has 2 aromatic carbocycles. The summed E-state index contributed by atoms with van der Waals surface area (Å²) < 4.78 is 18.8. The first kappa shape index (κ1) is 19.9. The summed E-state index contributed by atoms with van der Waals surface area (Å²) >= 11 is 5.77. The normalized spacial score (nSPS) is 12.9. The molecule has 0 aliphatic carbocycles. The van der Waals surface area contributed by atoms with E-state index in [2.05, 4.69) is 5.32 Å². The number of nitrogens with one attached hydrogen (secondary N) is 1. The monoisotopic (exact) mass is 377 g/mol. The molecule has 1 amide bonds. The predicted molar refractivity (Wildman–Crippen MR) is 98.8 cm³/mol. The molecule has 0 aliphatic rings. The van der Waals surface area contributed by atoms with Gasteiger partial charge in [-0.05, 0) is 37.1 Å². The third kappa shape index (κ3) is 5.30. The van der Waals surface area contributed by atoms with Crippen LogP contribution < -0.4 is 5.32 Å². The molecule has 138 valence electrons. The van der Waals surface area contributed by atoms with Crippen LogP contribution in [-0.4, -0.2) is 24.5 Å². The smallest absolute Gasteiger partial charge is 0.341 e. The Labute approximate surface area is 157 Å². The van der Waals surface area contributed by atoms with Crippen LogP contribution in [0.15, 0.2) is 48.5 Å². The maximum absolute atomic E-state index is 13.7. The van der Waals surface area contributed by atoms with Crippen LogP contribution in [0.5, 0.6) is 0 Å². The van der Waals surface area contributed by atoms with Gasteiger partial charge in [0.05, 0.1) is 5.56 Å². The number of carbonyl (C=O) groups is 2. The zero-order chi connectivity index (χ0) is 19.1. The van der Waals surface area contributed by atoms with E-state index in [0.29, 0.717) is 6.54 Å². The molecule has 6 heteroatoms. The molecule has 2 aromatic rings. The topological polar surface area (TPSA) is 55.4 Å². The molecule has 0 saturated carbocycles. The van der Waals surface area contributed by atoms with Crippen LogP contribution in [0.25, 0.3) is 0 Å². The number of ether oxygens (including phenoxy) is 1. The maximum atomic E-state index is 13.7. The molecule has 0 heterocycles. The van der Waals surface area contributed by atoms with Gasteiger partial charge in [-0.2, -0.15) is 0 Å². The highest BCUT2D eigenvalue weighted by atomic mass is 35.5. The van der Waals surface area contributed by atoms with E-state index in [4.69, 9.17) is 16.3 Å². The molecule has 0 aliphatic heterocycles. The highest BCUT2D eigenvalue weighted by Gasteiger charge is 2.22. The van der Waals surface area contributed by atoms with E-state index in [1.54, 1.807) is 0 Å². The average Bonchev–Trinajstić information content (AvgIpc) is 2.64. The minimum atomic E-state index is -1.05. The van der Waals surface area contributed by atoms with Crippen molar-refractivity contribution in [2.75, 3.05) is 6.54 Å². The van der Waals surface area contributed by atoms with Gasteiger partial charge >= 0.3 is 5.97 Å². The highest BCUT2D eigenvalue weighted by molar-refractivity contribution is 6.30. The minimum Gasteiger partial charge on any atom is -0.449 e. The van der Waals surface area contributed by atoms with Crippen molar-refractivity contribution in [3.63, 3.8) is 0 Å². The van der Waals surface area contributed by atoms with Gasteiger partial charge in [0.2, 0.25) is 0 Å². The quantitative estimate of drug-likeness (QED) is 0.730. The van der Waals surface area contributed by atoms with Crippen LogP contribution in [0.4, 0.5) is 4.39 Å². The van der Waals surface area contributed by atoms with Gasteiger partial charge in [-0.1, -0.05) is 48.9 Å². The molecule has 0 saturated heterocycles. The Morgan fingerprint density at radius 3 is 2.54 bits per heavy atom. The summed E-state index contributed by atoms with van der Waals surface area (Å²) in [5, 5.41) is 2.99. The van der Waals surface area contributed by atoms with E-state index in [-0.39, 0.29) is 16.5 Å². The maximum Gasteiger partial charge on any atom is 0.341 e. The van der Waals surface area contributed by atoms with Gasteiger partial charge in [-0.3, -0.25) is 4.79 Å². The largest absolute Gasteiger partial charge is 0.449 e. The lowest BCUT2D eigenvalue weighted by Crippen LogP contribution is -2.38. The number of halogens is 2. The molecule has 0 aromatic heterocycles. The number of amides is 1. The first-order valence-corrected chi connectivity index (χ1v) is 8.78. The third-order valence-electron chi connectivity index (χ3n) is 4.09. The molecule has 2 atom stereocenters. The predicted octanol–water partition coefficient (Wildman–Crippen LogP) is 4.33. The number of carbonyl (C=O) groups excluding carboxylic acids is 2. The Balaban J connectivity index is 1.92. The zero-order valence-electron chi connectivity index (χ0n) is 14.7. The summed E-state index contributed by atoms with van der Waals surface area (Å²) in [6.45, 7) is 3.90. The van der Waals surface area contributed by atoms with Gasteiger partial charge in [0, 0.05) is 17.5 Å². The van der Waals surface area contributed by atoms with Crippen molar-refractivity contribution in [3.05, 3.63) is 70.5 Å². The number of hydrogen-bond acceptors (Lipinski definition) is 3. The van der Waals surface area contributed by atoms with Crippen LogP contribution in [0, 0.1) is 5.82 Å². The number of hydrogen-bond donors (Lipinski definition) is 1. The number of benzene rings is 2. The molecular weight excluding hydrogens is 357 g/mol. The summed E-state index contributed by atoms with van der Waals surface area (Å²) in [6, 6.07) is 13.4. The lowest BCUT2D eigenvalue weighted by Gasteiger charge is -2.18. The van der Waals surface area contributed by atoms with Crippen molar-refractivity contribution in [2.45, 2.75) is 32.3 Å². The van der Waals surface area contributed by atoms with Crippen LogP contribution >= 0.6 is 11.6 Å². The summed E-state index contributed by atoms with van der Waals surface area (Å²) in [5.74, 6) is -1.95. The number of rotatable bonds is 7. The second kappa shape index (κ2) is 9.34.